The number of nitrogens with zero attached hydrogens (tertiary/aromatic N) is 2. The zero-order chi connectivity index (χ0) is 13.3. The van der Waals surface area contributed by atoms with Crippen molar-refractivity contribution < 1.29 is 19.8 Å². The predicted octanol–water partition coefficient (Wildman–Crippen LogP) is 0.504. The fourth-order valence-electron chi connectivity index (χ4n) is 1.94. The number of rotatable bonds is 2. The molecule has 18 heavy (non-hydrogen) atoms. The minimum absolute atomic E-state index is 0.0336. The summed E-state index contributed by atoms with van der Waals surface area (Å²) < 4.78 is 0.593. The molecule has 0 bridgehead atoms. The van der Waals surface area contributed by atoms with Crippen LogP contribution in [-0.4, -0.2) is 50.7 Å². The number of halogens is 1. The van der Waals surface area contributed by atoms with Crippen LogP contribution in [0.1, 0.15) is 16.8 Å². The maximum atomic E-state index is 12.1. The van der Waals surface area contributed by atoms with Gasteiger partial charge in [0.25, 0.3) is 5.91 Å². The molecule has 1 aliphatic heterocycles. The van der Waals surface area contributed by atoms with Crippen LogP contribution in [-0.2, 0) is 4.79 Å². The fraction of sp³-hybridized carbons (Fsp3) is 0.364. The molecule has 1 aliphatic rings. The van der Waals surface area contributed by atoms with Gasteiger partial charge in [0, 0.05) is 19.2 Å². The molecule has 0 aliphatic carbocycles. The molecule has 0 radical (unpaired) electrons. The lowest BCUT2D eigenvalue weighted by Crippen LogP contribution is -2.40. The Kier molecular flexibility index (Phi) is 3.63. The third kappa shape index (κ3) is 2.51. The van der Waals surface area contributed by atoms with E-state index in [0.717, 1.165) is 4.90 Å². The lowest BCUT2D eigenvalue weighted by atomic mass is 10.2. The molecule has 1 amide bonds. The Morgan fingerprint density at radius 2 is 2.17 bits per heavy atom. The van der Waals surface area contributed by atoms with Crippen LogP contribution in [0.5, 0.6) is 0 Å². The summed E-state index contributed by atoms with van der Waals surface area (Å²) in [6, 6.07) is 2.19. The number of aliphatic hydroxyl groups is 1. The van der Waals surface area contributed by atoms with E-state index < -0.39 is 24.0 Å². The standard InChI is InChI=1S/C11H11BrN2O4/c12-9-2-1-6(4-13-9)10(16)14-5-7(15)3-8(14)11(17)18/h1-2,4,7-8,15H,3,5H2,(H,17,18)/t7-,8-/m1/s1. The third-order valence-electron chi connectivity index (χ3n) is 2.80. The van der Waals surface area contributed by atoms with E-state index in [1.165, 1.54) is 6.20 Å². The van der Waals surface area contributed by atoms with Crippen molar-refractivity contribution in [3.8, 4) is 0 Å². The minimum atomic E-state index is -1.11. The molecule has 2 atom stereocenters. The Balaban J connectivity index is 2.22. The van der Waals surface area contributed by atoms with Crippen molar-refractivity contribution >= 4 is 27.8 Å². The van der Waals surface area contributed by atoms with Crippen molar-refractivity contribution in [2.24, 2.45) is 0 Å². The minimum Gasteiger partial charge on any atom is -0.480 e. The first-order chi connectivity index (χ1) is 8.49. The number of hydrogen-bond acceptors (Lipinski definition) is 4. The van der Waals surface area contributed by atoms with Gasteiger partial charge < -0.3 is 15.1 Å². The molecule has 6 nitrogen and oxygen atoms in total. The SMILES string of the molecule is O=C(O)[C@H]1C[C@@H](O)CN1C(=O)c1ccc(Br)nc1. The Morgan fingerprint density at radius 3 is 2.72 bits per heavy atom. The summed E-state index contributed by atoms with van der Waals surface area (Å²) in [5.74, 6) is -1.54. The highest BCUT2D eigenvalue weighted by molar-refractivity contribution is 9.10. The second kappa shape index (κ2) is 5.03. The Labute approximate surface area is 111 Å². The molecule has 1 aromatic heterocycles. The van der Waals surface area contributed by atoms with Crippen LogP contribution in [0.25, 0.3) is 0 Å². The van der Waals surface area contributed by atoms with Crippen LogP contribution in [0.4, 0.5) is 0 Å². The quantitative estimate of drug-likeness (QED) is 0.776. The number of hydrogen-bond donors (Lipinski definition) is 2. The first kappa shape index (κ1) is 13.0. The molecule has 0 unspecified atom stereocenters. The average Bonchev–Trinajstić information content (AvgIpc) is 2.71. The third-order valence-corrected chi connectivity index (χ3v) is 3.27. The van der Waals surface area contributed by atoms with E-state index in [1.807, 2.05) is 0 Å². The first-order valence-electron chi connectivity index (χ1n) is 5.32. The lowest BCUT2D eigenvalue weighted by Gasteiger charge is -2.20. The smallest absolute Gasteiger partial charge is 0.326 e. The number of amides is 1. The zero-order valence-corrected chi connectivity index (χ0v) is 10.9. The van der Waals surface area contributed by atoms with Crippen molar-refractivity contribution in [2.75, 3.05) is 6.54 Å². The largest absolute Gasteiger partial charge is 0.480 e. The van der Waals surface area contributed by atoms with Crippen LogP contribution in [0.3, 0.4) is 0 Å². The number of likely N-dealkylation sites (tertiary alicyclic amines) is 1. The van der Waals surface area contributed by atoms with Crippen LogP contribution in [0.15, 0.2) is 22.9 Å². The van der Waals surface area contributed by atoms with E-state index in [0.29, 0.717) is 10.2 Å². The molecular weight excluding hydrogens is 304 g/mol. The van der Waals surface area contributed by atoms with Gasteiger partial charge in [-0.15, -0.1) is 0 Å². The molecule has 0 spiro atoms. The summed E-state index contributed by atoms with van der Waals surface area (Å²) in [5, 5.41) is 18.5. The molecule has 2 N–H and O–H groups in total. The number of aromatic nitrogens is 1. The summed E-state index contributed by atoms with van der Waals surface area (Å²) in [6.07, 6.45) is 0.639. The van der Waals surface area contributed by atoms with Gasteiger partial charge in [-0.2, -0.15) is 0 Å². The van der Waals surface area contributed by atoms with Gasteiger partial charge in [-0.25, -0.2) is 9.78 Å². The van der Waals surface area contributed by atoms with Gasteiger partial charge in [-0.3, -0.25) is 4.79 Å². The normalized spacial score (nSPS) is 23.1. The second-order valence-corrected chi connectivity index (χ2v) is 4.88. The molecule has 1 saturated heterocycles. The molecule has 0 aromatic carbocycles. The summed E-state index contributed by atoms with van der Waals surface area (Å²) in [7, 11) is 0. The van der Waals surface area contributed by atoms with Gasteiger partial charge in [0.2, 0.25) is 0 Å². The lowest BCUT2D eigenvalue weighted by molar-refractivity contribution is -0.141. The Bertz CT molecular complexity index is 476. The van der Waals surface area contributed by atoms with Gasteiger partial charge in [-0.1, -0.05) is 0 Å². The fourth-order valence-corrected chi connectivity index (χ4v) is 2.18. The number of aliphatic carboxylic acids is 1. The molecule has 1 fully saturated rings. The van der Waals surface area contributed by atoms with E-state index in [-0.39, 0.29) is 13.0 Å². The molecule has 0 saturated carbocycles. The summed E-state index contributed by atoms with van der Waals surface area (Å²) in [4.78, 5) is 28.2. The van der Waals surface area contributed by atoms with E-state index in [2.05, 4.69) is 20.9 Å². The Hall–Kier alpha value is -1.47. The van der Waals surface area contributed by atoms with Crippen LogP contribution < -0.4 is 0 Å². The number of β-amino-alcohol motifs (C(OH)–C–C–N with tert-alkyl or cyclic N) is 1. The summed E-state index contributed by atoms with van der Waals surface area (Å²) >= 11 is 3.15. The number of carbonyl (C=O) groups excluding carboxylic acids is 1. The van der Waals surface area contributed by atoms with Crippen molar-refractivity contribution in [3.05, 3.63) is 28.5 Å². The maximum Gasteiger partial charge on any atom is 0.326 e. The van der Waals surface area contributed by atoms with E-state index in [4.69, 9.17) is 5.11 Å². The second-order valence-electron chi connectivity index (χ2n) is 4.07. The first-order valence-corrected chi connectivity index (χ1v) is 6.11. The van der Waals surface area contributed by atoms with E-state index in [9.17, 15) is 14.7 Å². The van der Waals surface area contributed by atoms with Crippen molar-refractivity contribution in [2.45, 2.75) is 18.6 Å². The number of carbonyl (C=O) groups is 2. The predicted molar refractivity (Wildman–Crippen MR) is 65.0 cm³/mol. The average molecular weight is 315 g/mol. The Morgan fingerprint density at radius 1 is 1.44 bits per heavy atom. The molecule has 2 rings (SSSR count). The van der Waals surface area contributed by atoms with Gasteiger partial charge in [0.1, 0.15) is 10.6 Å². The van der Waals surface area contributed by atoms with Crippen molar-refractivity contribution in [1.29, 1.82) is 0 Å². The molecular formula is C11H11BrN2O4. The van der Waals surface area contributed by atoms with E-state index >= 15 is 0 Å². The molecule has 2 heterocycles. The number of carboxylic acid groups (broad SMARTS) is 1. The van der Waals surface area contributed by atoms with Gasteiger partial charge in [0.05, 0.1) is 11.7 Å². The van der Waals surface area contributed by atoms with E-state index in [1.54, 1.807) is 12.1 Å². The van der Waals surface area contributed by atoms with Crippen LogP contribution >= 0.6 is 15.9 Å². The highest BCUT2D eigenvalue weighted by Crippen LogP contribution is 2.21. The monoisotopic (exact) mass is 314 g/mol. The van der Waals surface area contributed by atoms with Crippen LogP contribution in [0, 0.1) is 0 Å². The number of aliphatic hydroxyl groups excluding tert-OH is 1. The highest BCUT2D eigenvalue weighted by atomic mass is 79.9. The van der Waals surface area contributed by atoms with Gasteiger partial charge >= 0.3 is 5.97 Å². The van der Waals surface area contributed by atoms with Gasteiger partial charge in [0.15, 0.2) is 0 Å². The van der Waals surface area contributed by atoms with Crippen molar-refractivity contribution in [1.82, 2.24) is 9.88 Å². The summed E-state index contributed by atoms with van der Waals surface area (Å²) in [6.45, 7) is 0.0336. The maximum absolute atomic E-state index is 12.1. The van der Waals surface area contributed by atoms with Gasteiger partial charge in [-0.05, 0) is 28.1 Å². The van der Waals surface area contributed by atoms with Crippen molar-refractivity contribution in [3.63, 3.8) is 0 Å². The molecule has 96 valence electrons. The zero-order valence-electron chi connectivity index (χ0n) is 9.28. The highest BCUT2D eigenvalue weighted by Gasteiger charge is 2.39. The molecule has 1 aromatic rings. The molecule has 7 heteroatoms. The topological polar surface area (TPSA) is 90.7 Å². The number of carboxylic acids is 1. The summed E-state index contributed by atoms with van der Waals surface area (Å²) in [5.41, 5.74) is 0.304. The van der Waals surface area contributed by atoms with Crippen LogP contribution in [0.2, 0.25) is 0 Å². The number of pyridine rings is 1.